The molecule has 19 heavy (non-hydrogen) atoms. The van der Waals surface area contributed by atoms with E-state index in [9.17, 15) is 9.18 Å². The average Bonchev–Trinajstić information content (AvgIpc) is 2.39. The number of nitrogens with zero attached hydrogens (tertiary/aromatic N) is 1. The molecule has 0 unspecified atom stereocenters. The summed E-state index contributed by atoms with van der Waals surface area (Å²) in [5.41, 5.74) is 1.61. The smallest absolute Gasteiger partial charge is 0.277 e. The fraction of sp³-hybridized carbons (Fsp3) is 0.200. The van der Waals surface area contributed by atoms with E-state index >= 15 is 0 Å². The van der Waals surface area contributed by atoms with Gasteiger partial charge in [-0.1, -0.05) is 26.0 Å². The number of nitrogens with one attached hydrogen (secondary N) is 1. The number of benzene rings is 1. The number of hydrogen-bond acceptors (Lipinski definition) is 2. The number of aromatic nitrogens is 1. The molecular formula is C15H15FN2O. The van der Waals surface area contributed by atoms with E-state index in [1.165, 1.54) is 23.9 Å². The van der Waals surface area contributed by atoms with E-state index in [4.69, 9.17) is 0 Å². The Morgan fingerprint density at radius 1 is 1.21 bits per heavy atom. The summed E-state index contributed by atoms with van der Waals surface area (Å²) in [4.78, 5) is 15.6. The molecule has 0 atom stereocenters. The van der Waals surface area contributed by atoms with Crippen LogP contribution in [0.3, 0.4) is 0 Å². The van der Waals surface area contributed by atoms with Crippen LogP contribution < -0.4 is 5.32 Å². The Labute approximate surface area is 111 Å². The minimum Gasteiger partial charge on any atom is -0.321 e. The van der Waals surface area contributed by atoms with Gasteiger partial charge in [0.15, 0.2) is 11.5 Å². The van der Waals surface area contributed by atoms with E-state index in [1.807, 2.05) is 12.1 Å². The van der Waals surface area contributed by atoms with Crippen LogP contribution in [0.5, 0.6) is 0 Å². The first-order valence-electron chi connectivity index (χ1n) is 6.09. The molecule has 0 aliphatic carbocycles. The van der Waals surface area contributed by atoms with Gasteiger partial charge in [-0.15, -0.1) is 0 Å². The predicted molar refractivity (Wildman–Crippen MR) is 72.7 cm³/mol. The van der Waals surface area contributed by atoms with Crippen LogP contribution >= 0.6 is 0 Å². The summed E-state index contributed by atoms with van der Waals surface area (Å²) < 4.78 is 13.4. The highest BCUT2D eigenvalue weighted by molar-refractivity contribution is 6.02. The molecule has 1 aromatic heterocycles. The lowest BCUT2D eigenvalue weighted by Crippen LogP contribution is -2.15. The topological polar surface area (TPSA) is 42.0 Å². The van der Waals surface area contributed by atoms with Crippen molar-refractivity contribution in [3.05, 3.63) is 59.7 Å². The van der Waals surface area contributed by atoms with Gasteiger partial charge < -0.3 is 5.32 Å². The number of rotatable bonds is 3. The molecule has 2 rings (SSSR count). The first kappa shape index (κ1) is 13.2. The van der Waals surface area contributed by atoms with Gasteiger partial charge in [0.05, 0.1) is 0 Å². The van der Waals surface area contributed by atoms with Crippen molar-refractivity contribution in [2.24, 2.45) is 0 Å². The third-order valence-corrected chi connectivity index (χ3v) is 2.81. The third-order valence-electron chi connectivity index (χ3n) is 2.81. The number of amides is 1. The first-order chi connectivity index (χ1) is 9.08. The first-order valence-corrected chi connectivity index (χ1v) is 6.09. The van der Waals surface area contributed by atoms with Crippen LogP contribution in [0.4, 0.5) is 10.1 Å². The maximum atomic E-state index is 13.4. The molecule has 1 amide bonds. The number of carbonyl (C=O) groups excluding carboxylic acids is 1. The van der Waals surface area contributed by atoms with E-state index in [0.717, 1.165) is 0 Å². The Kier molecular flexibility index (Phi) is 3.90. The molecule has 1 heterocycles. The summed E-state index contributed by atoms with van der Waals surface area (Å²) in [7, 11) is 0. The zero-order chi connectivity index (χ0) is 13.8. The lowest BCUT2D eigenvalue weighted by atomic mass is 10.0. The minimum absolute atomic E-state index is 0.199. The van der Waals surface area contributed by atoms with Gasteiger partial charge in [-0.05, 0) is 35.7 Å². The highest BCUT2D eigenvalue weighted by Crippen LogP contribution is 2.17. The van der Waals surface area contributed by atoms with Crippen LogP contribution in [-0.4, -0.2) is 10.9 Å². The van der Waals surface area contributed by atoms with Crippen molar-refractivity contribution >= 4 is 11.6 Å². The van der Waals surface area contributed by atoms with Crippen LogP contribution in [0.2, 0.25) is 0 Å². The molecule has 0 radical (unpaired) electrons. The molecule has 98 valence electrons. The zero-order valence-corrected chi connectivity index (χ0v) is 10.9. The largest absolute Gasteiger partial charge is 0.321 e. The molecule has 0 aliphatic rings. The van der Waals surface area contributed by atoms with Gasteiger partial charge in [0.2, 0.25) is 0 Å². The van der Waals surface area contributed by atoms with Crippen molar-refractivity contribution < 1.29 is 9.18 Å². The molecule has 1 aromatic carbocycles. The highest BCUT2D eigenvalue weighted by Gasteiger charge is 2.12. The van der Waals surface area contributed by atoms with Crippen molar-refractivity contribution in [2.75, 3.05) is 5.32 Å². The van der Waals surface area contributed by atoms with Crippen molar-refractivity contribution in [1.82, 2.24) is 4.98 Å². The Morgan fingerprint density at radius 2 is 1.89 bits per heavy atom. The Morgan fingerprint density at radius 3 is 2.47 bits per heavy atom. The van der Waals surface area contributed by atoms with Crippen LogP contribution in [0.1, 0.15) is 35.8 Å². The van der Waals surface area contributed by atoms with Gasteiger partial charge in [0, 0.05) is 11.9 Å². The maximum absolute atomic E-state index is 13.4. The van der Waals surface area contributed by atoms with Crippen molar-refractivity contribution in [2.45, 2.75) is 19.8 Å². The van der Waals surface area contributed by atoms with E-state index in [2.05, 4.69) is 24.1 Å². The van der Waals surface area contributed by atoms with E-state index in [1.54, 1.807) is 12.1 Å². The van der Waals surface area contributed by atoms with Gasteiger partial charge in [-0.25, -0.2) is 9.37 Å². The monoisotopic (exact) mass is 258 g/mol. The fourth-order valence-electron chi connectivity index (χ4n) is 1.69. The third kappa shape index (κ3) is 3.16. The molecule has 4 heteroatoms. The van der Waals surface area contributed by atoms with Crippen LogP contribution in [0.15, 0.2) is 42.6 Å². The summed E-state index contributed by atoms with van der Waals surface area (Å²) >= 11 is 0. The van der Waals surface area contributed by atoms with Gasteiger partial charge in [-0.2, -0.15) is 0 Å². The second-order valence-electron chi connectivity index (χ2n) is 4.56. The van der Waals surface area contributed by atoms with E-state index in [-0.39, 0.29) is 5.69 Å². The molecule has 0 aliphatic heterocycles. The predicted octanol–water partition coefficient (Wildman–Crippen LogP) is 3.60. The van der Waals surface area contributed by atoms with Crippen LogP contribution in [0, 0.1) is 5.82 Å². The van der Waals surface area contributed by atoms with Crippen molar-refractivity contribution in [1.29, 1.82) is 0 Å². The van der Waals surface area contributed by atoms with Crippen LogP contribution in [-0.2, 0) is 0 Å². The van der Waals surface area contributed by atoms with Gasteiger partial charge in [0.1, 0.15) is 0 Å². The average molecular weight is 258 g/mol. The van der Waals surface area contributed by atoms with Crippen LogP contribution in [0.25, 0.3) is 0 Å². The molecule has 0 saturated heterocycles. The van der Waals surface area contributed by atoms with Gasteiger partial charge in [0.25, 0.3) is 5.91 Å². The second-order valence-corrected chi connectivity index (χ2v) is 4.56. The number of carbonyl (C=O) groups is 1. The number of halogens is 1. The van der Waals surface area contributed by atoms with Crippen molar-refractivity contribution in [3.63, 3.8) is 0 Å². The summed E-state index contributed by atoms with van der Waals surface area (Å²) in [5.74, 6) is -0.743. The molecule has 0 fully saturated rings. The SMILES string of the molecule is CC(C)c1ccc(NC(=O)c2ncccc2F)cc1. The molecule has 3 nitrogen and oxygen atoms in total. The number of anilines is 1. The maximum Gasteiger partial charge on any atom is 0.277 e. The normalized spacial score (nSPS) is 10.5. The molecular weight excluding hydrogens is 243 g/mol. The fourth-order valence-corrected chi connectivity index (χ4v) is 1.69. The Balaban J connectivity index is 2.13. The molecule has 0 saturated carbocycles. The lowest BCUT2D eigenvalue weighted by molar-refractivity contribution is 0.101. The van der Waals surface area contributed by atoms with Gasteiger partial charge in [-0.3, -0.25) is 4.79 Å². The second kappa shape index (κ2) is 5.61. The van der Waals surface area contributed by atoms with E-state index in [0.29, 0.717) is 11.6 Å². The summed E-state index contributed by atoms with van der Waals surface area (Å²) in [6.45, 7) is 4.19. The zero-order valence-electron chi connectivity index (χ0n) is 10.9. The highest BCUT2D eigenvalue weighted by atomic mass is 19.1. The molecule has 1 N–H and O–H groups in total. The van der Waals surface area contributed by atoms with E-state index < -0.39 is 11.7 Å². The number of pyridine rings is 1. The summed E-state index contributed by atoms with van der Waals surface area (Å²) in [6.07, 6.45) is 1.39. The molecule has 0 spiro atoms. The Bertz CT molecular complexity index is 579. The quantitative estimate of drug-likeness (QED) is 0.914. The number of hydrogen-bond donors (Lipinski definition) is 1. The lowest BCUT2D eigenvalue weighted by Gasteiger charge is -2.08. The Hall–Kier alpha value is -2.23. The molecule has 0 bridgehead atoms. The van der Waals surface area contributed by atoms with Gasteiger partial charge >= 0.3 is 0 Å². The minimum atomic E-state index is -0.626. The molecule has 2 aromatic rings. The van der Waals surface area contributed by atoms with Crippen molar-refractivity contribution in [3.8, 4) is 0 Å². The summed E-state index contributed by atoms with van der Waals surface area (Å²) in [5, 5.41) is 2.62. The summed E-state index contributed by atoms with van der Waals surface area (Å²) in [6, 6.07) is 10.1. The standard InChI is InChI=1S/C15H15FN2O/c1-10(2)11-5-7-12(8-6-11)18-15(19)14-13(16)4-3-9-17-14/h3-10H,1-2H3,(H,18,19).